The molecule has 204 valence electrons. The quantitative estimate of drug-likeness (QED) is 0.346. The van der Waals surface area contributed by atoms with Crippen molar-refractivity contribution in [3.8, 4) is 17.2 Å². The molecule has 10 nitrogen and oxygen atoms in total. The molecule has 1 heterocycles. The molecule has 1 N–H and O–H groups in total. The molecule has 4 aromatic rings. The third-order valence-corrected chi connectivity index (χ3v) is 6.03. The van der Waals surface area contributed by atoms with Gasteiger partial charge in [-0.3, -0.25) is 14.5 Å². The molecule has 0 fully saturated rings. The fraction of sp³-hybridized carbons (Fsp3) is 0.310. The zero-order valence-corrected chi connectivity index (χ0v) is 23.0. The van der Waals surface area contributed by atoms with Crippen molar-refractivity contribution in [1.82, 2.24) is 20.3 Å². The second-order valence-electron chi connectivity index (χ2n) is 9.96. The predicted octanol–water partition coefficient (Wildman–Crippen LogP) is 4.15. The van der Waals surface area contributed by atoms with Crippen molar-refractivity contribution in [3.63, 3.8) is 0 Å². The van der Waals surface area contributed by atoms with Crippen LogP contribution in [0.2, 0.25) is 0 Å². The third kappa shape index (κ3) is 6.11. The molecule has 0 saturated heterocycles. The minimum Gasteiger partial charge on any atom is -0.497 e. The minimum atomic E-state index is -1.07. The van der Waals surface area contributed by atoms with Gasteiger partial charge in [0.2, 0.25) is 11.8 Å². The number of carbonyl (C=O) groups is 2. The summed E-state index contributed by atoms with van der Waals surface area (Å²) in [6.07, 6.45) is 0. The van der Waals surface area contributed by atoms with E-state index in [0.717, 1.165) is 0 Å². The zero-order chi connectivity index (χ0) is 28.2. The van der Waals surface area contributed by atoms with E-state index in [2.05, 4.69) is 15.6 Å². The first-order chi connectivity index (χ1) is 18.6. The van der Waals surface area contributed by atoms with Gasteiger partial charge in [-0.1, -0.05) is 29.5 Å². The summed E-state index contributed by atoms with van der Waals surface area (Å²) in [5.41, 5.74) is 1.75. The van der Waals surface area contributed by atoms with Crippen LogP contribution in [-0.4, -0.2) is 53.7 Å². The number of rotatable bonds is 9. The van der Waals surface area contributed by atoms with Crippen LogP contribution < -0.4 is 24.4 Å². The van der Waals surface area contributed by atoms with Gasteiger partial charge in [-0.2, -0.15) is 0 Å². The van der Waals surface area contributed by atoms with Crippen molar-refractivity contribution in [3.05, 3.63) is 72.3 Å². The lowest BCUT2D eigenvalue weighted by atomic mass is 10.00. The van der Waals surface area contributed by atoms with Crippen LogP contribution in [-0.2, 0) is 16.1 Å². The first-order valence-corrected chi connectivity index (χ1v) is 12.4. The number of methoxy groups -OCH3 is 3. The van der Waals surface area contributed by atoms with E-state index >= 15 is 0 Å². The summed E-state index contributed by atoms with van der Waals surface area (Å²) >= 11 is 0. The van der Waals surface area contributed by atoms with Crippen LogP contribution in [0.1, 0.15) is 32.4 Å². The van der Waals surface area contributed by atoms with E-state index in [1.807, 2.05) is 45.0 Å². The summed E-state index contributed by atoms with van der Waals surface area (Å²) in [6.45, 7) is 5.48. The number of para-hydroxylation sites is 1. The summed E-state index contributed by atoms with van der Waals surface area (Å²) in [5, 5.41) is 11.4. The van der Waals surface area contributed by atoms with Crippen molar-refractivity contribution < 1.29 is 23.8 Å². The molecule has 1 unspecified atom stereocenters. The fourth-order valence-electron chi connectivity index (χ4n) is 4.31. The van der Waals surface area contributed by atoms with E-state index in [1.54, 1.807) is 56.7 Å². The summed E-state index contributed by atoms with van der Waals surface area (Å²) in [5.74, 6) is 0.693. The average molecular weight is 532 g/mol. The topological polar surface area (TPSA) is 108 Å². The van der Waals surface area contributed by atoms with E-state index < -0.39 is 17.5 Å². The molecule has 39 heavy (non-hydrogen) atoms. The van der Waals surface area contributed by atoms with Crippen LogP contribution in [0.4, 0.5) is 5.69 Å². The van der Waals surface area contributed by atoms with Crippen molar-refractivity contribution in [2.24, 2.45) is 0 Å². The van der Waals surface area contributed by atoms with Crippen molar-refractivity contribution in [2.45, 2.75) is 38.9 Å². The molecule has 10 heteroatoms. The second-order valence-corrected chi connectivity index (χ2v) is 9.96. The monoisotopic (exact) mass is 531 g/mol. The Morgan fingerprint density at radius 1 is 0.923 bits per heavy atom. The van der Waals surface area contributed by atoms with Crippen LogP contribution in [0.15, 0.2) is 66.7 Å². The number of hydrogen-bond acceptors (Lipinski definition) is 7. The fourth-order valence-corrected chi connectivity index (χ4v) is 4.31. The van der Waals surface area contributed by atoms with Crippen molar-refractivity contribution in [2.75, 3.05) is 26.2 Å². The number of benzene rings is 3. The molecule has 0 aliphatic carbocycles. The van der Waals surface area contributed by atoms with E-state index in [0.29, 0.717) is 39.5 Å². The second kappa shape index (κ2) is 11.4. The predicted molar refractivity (Wildman–Crippen MR) is 148 cm³/mol. The summed E-state index contributed by atoms with van der Waals surface area (Å²) in [6, 6.07) is 18.5. The van der Waals surface area contributed by atoms with Gasteiger partial charge in [-0.15, -0.1) is 5.10 Å². The summed E-state index contributed by atoms with van der Waals surface area (Å²) < 4.78 is 18.0. The summed E-state index contributed by atoms with van der Waals surface area (Å²) in [4.78, 5) is 29.7. The van der Waals surface area contributed by atoms with Gasteiger partial charge in [0.1, 0.15) is 35.4 Å². The van der Waals surface area contributed by atoms with E-state index in [4.69, 9.17) is 14.2 Å². The Bertz CT molecular complexity index is 1480. The molecule has 1 atom stereocenters. The number of fused-ring (bicyclic) bond motifs is 1. The highest BCUT2D eigenvalue weighted by Gasteiger charge is 2.36. The largest absolute Gasteiger partial charge is 0.497 e. The molecular formula is C29H33N5O5. The number of nitrogens with one attached hydrogen (secondary N) is 1. The first kappa shape index (κ1) is 27.4. The molecule has 0 radical (unpaired) electrons. The van der Waals surface area contributed by atoms with Gasteiger partial charge >= 0.3 is 0 Å². The first-order valence-electron chi connectivity index (χ1n) is 12.4. The molecule has 4 rings (SSSR count). The highest BCUT2D eigenvalue weighted by atomic mass is 16.5. The number of nitrogens with zero attached hydrogens (tertiary/aromatic N) is 4. The molecule has 3 aromatic carbocycles. The van der Waals surface area contributed by atoms with Gasteiger partial charge in [0.25, 0.3) is 0 Å². The van der Waals surface area contributed by atoms with Gasteiger partial charge in [0, 0.05) is 11.6 Å². The molecule has 2 amide bonds. The third-order valence-electron chi connectivity index (χ3n) is 6.03. The Morgan fingerprint density at radius 2 is 1.64 bits per heavy atom. The van der Waals surface area contributed by atoms with Crippen molar-refractivity contribution in [1.29, 1.82) is 0 Å². The van der Waals surface area contributed by atoms with Gasteiger partial charge in [0.15, 0.2) is 0 Å². The Labute approximate surface area is 227 Å². The SMILES string of the molecule is COc1cccc(C(C(=O)NC(C)(C)C)N(C(=O)Cn2nnc3ccccc32)c2ccc(OC)cc2OC)c1. The number of amides is 2. The van der Waals surface area contributed by atoms with Gasteiger partial charge in [-0.25, -0.2) is 4.68 Å². The lowest BCUT2D eigenvalue weighted by Crippen LogP contribution is -2.50. The summed E-state index contributed by atoms with van der Waals surface area (Å²) in [7, 11) is 4.60. The Kier molecular flexibility index (Phi) is 8.04. The number of anilines is 1. The Balaban J connectivity index is 1.90. The molecule has 0 spiro atoms. The molecule has 0 bridgehead atoms. The van der Waals surface area contributed by atoms with E-state index in [9.17, 15) is 9.59 Å². The normalized spacial score (nSPS) is 12.1. The van der Waals surface area contributed by atoms with Gasteiger partial charge in [-0.05, 0) is 62.7 Å². The molecule has 0 aliphatic heterocycles. The van der Waals surface area contributed by atoms with Crippen LogP contribution in [0, 0.1) is 0 Å². The van der Waals surface area contributed by atoms with E-state index in [1.165, 1.54) is 16.7 Å². The number of aromatic nitrogens is 3. The van der Waals surface area contributed by atoms with E-state index in [-0.39, 0.29) is 12.5 Å². The molecule has 0 saturated carbocycles. The maximum Gasteiger partial charge on any atom is 0.249 e. The molecular weight excluding hydrogens is 498 g/mol. The lowest BCUT2D eigenvalue weighted by molar-refractivity contribution is -0.128. The number of carbonyl (C=O) groups excluding carboxylic acids is 2. The van der Waals surface area contributed by atoms with Gasteiger partial charge < -0.3 is 19.5 Å². The highest BCUT2D eigenvalue weighted by Crippen LogP contribution is 2.38. The maximum atomic E-state index is 14.3. The number of ether oxygens (including phenoxy) is 3. The smallest absolute Gasteiger partial charge is 0.249 e. The highest BCUT2D eigenvalue weighted by molar-refractivity contribution is 6.02. The Morgan fingerprint density at radius 3 is 2.33 bits per heavy atom. The van der Waals surface area contributed by atoms with Crippen LogP contribution in [0.5, 0.6) is 17.2 Å². The van der Waals surface area contributed by atoms with Gasteiger partial charge in [0.05, 0.1) is 32.5 Å². The lowest BCUT2D eigenvalue weighted by Gasteiger charge is -2.34. The molecule has 1 aromatic heterocycles. The minimum absolute atomic E-state index is 0.168. The zero-order valence-electron chi connectivity index (χ0n) is 23.0. The molecule has 0 aliphatic rings. The average Bonchev–Trinajstić information content (AvgIpc) is 3.32. The number of hydrogen-bond donors (Lipinski definition) is 1. The standard InChI is InChI=1S/C29H33N5O5/c1-29(2,3)30-28(36)27(19-10-9-11-20(16-19)37-4)34(24-15-14-21(38-5)17-25(24)39-6)26(35)18-33-23-13-8-7-12-22(23)31-32-33/h7-17,27H,18H2,1-6H3,(H,30,36). The van der Waals surface area contributed by atoms with Crippen LogP contribution >= 0.6 is 0 Å². The van der Waals surface area contributed by atoms with Crippen molar-refractivity contribution >= 4 is 28.5 Å². The Hall–Kier alpha value is -4.60. The maximum absolute atomic E-state index is 14.3. The van der Waals surface area contributed by atoms with Crippen LogP contribution in [0.3, 0.4) is 0 Å². The van der Waals surface area contributed by atoms with Crippen LogP contribution in [0.25, 0.3) is 11.0 Å².